The molecule has 0 saturated heterocycles. The maximum absolute atomic E-state index is 12.3. The highest BCUT2D eigenvalue weighted by atomic mass is 16.3. The van der Waals surface area contributed by atoms with Gasteiger partial charge in [-0.1, -0.05) is 60.7 Å². The molecule has 1 amide bonds. The minimum atomic E-state index is -0.642. The molecule has 0 spiro atoms. The Morgan fingerprint density at radius 3 is 2.53 bits per heavy atom. The van der Waals surface area contributed by atoms with Crippen molar-refractivity contribution in [1.29, 1.82) is 0 Å². The number of aliphatic hydroxyl groups is 1. The molecule has 0 saturated carbocycles. The van der Waals surface area contributed by atoms with Crippen LogP contribution < -0.4 is 16.4 Å². The molecule has 168 valence electrons. The highest BCUT2D eigenvalue weighted by Crippen LogP contribution is 2.13. The zero-order chi connectivity index (χ0) is 22.8. The Balaban J connectivity index is 1.42. The number of nitrogens with two attached hydrogens (primary N) is 1. The van der Waals surface area contributed by atoms with Crippen molar-refractivity contribution >= 4 is 11.7 Å². The van der Waals surface area contributed by atoms with Crippen LogP contribution in [0.25, 0.3) is 0 Å². The molecule has 0 aliphatic heterocycles. The molecule has 3 aromatic rings. The lowest BCUT2D eigenvalue weighted by molar-refractivity contribution is -0.120. The third-order valence-corrected chi connectivity index (χ3v) is 5.33. The SMILES string of the molecule is CC(Cc1cccc(CC(=O)NCCc2ccccc2)c1)NCC(O)c1ccc(N)nc1. The van der Waals surface area contributed by atoms with Crippen LogP contribution in [0.1, 0.15) is 35.3 Å². The number of hydrogen-bond acceptors (Lipinski definition) is 5. The zero-order valence-electron chi connectivity index (χ0n) is 18.5. The van der Waals surface area contributed by atoms with Crippen molar-refractivity contribution in [3.8, 4) is 0 Å². The van der Waals surface area contributed by atoms with Crippen LogP contribution >= 0.6 is 0 Å². The molecule has 0 aliphatic carbocycles. The minimum absolute atomic E-state index is 0.0319. The largest absolute Gasteiger partial charge is 0.387 e. The van der Waals surface area contributed by atoms with Crippen molar-refractivity contribution < 1.29 is 9.90 Å². The molecule has 1 aromatic heterocycles. The molecule has 2 unspecified atom stereocenters. The van der Waals surface area contributed by atoms with Crippen molar-refractivity contribution in [3.05, 3.63) is 95.2 Å². The summed E-state index contributed by atoms with van der Waals surface area (Å²) >= 11 is 0. The molecule has 2 aromatic carbocycles. The normalized spacial score (nSPS) is 12.8. The first-order valence-electron chi connectivity index (χ1n) is 11.0. The van der Waals surface area contributed by atoms with Gasteiger partial charge in [-0.2, -0.15) is 0 Å². The van der Waals surface area contributed by atoms with E-state index in [1.54, 1.807) is 18.3 Å². The number of anilines is 1. The Labute approximate surface area is 189 Å². The average molecular weight is 433 g/mol. The maximum atomic E-state index is 12.3. The summed E-state index contributed by atoms with van der Waals surface area (Å²) in [6.45, 7) is 3.14. The van der Waals surface area contributed by atoms with E-state index in [1.807, 2.05) is 30.3 Å². The van der Waals surface area contributed by atoms with Crippen LogP contribution in [0.2, 0.25) is 0 Å². The van der Waals surface area contributed by atoms with E-state index < -0.39 is 6.10 Å². The number of rotatable bonds is 11. The average Bonchev–Trinajstić information content (AvgIpc) is 2.79. The van der Waals surface area contributed by atoms with Gasteiger partial charge in [0, 0.05) is 30.9 Å². The Morgan fingerprint density at radius 1 is 1.03 bits per heavy atom. The summed E-state index contributed by atoms with van der Waals surface area (Å²) in [5, 5.41) is 16.7. The van der Waals surface area contributed by atoms with Gasteiger partial charge in [0.15, 0.2) is 0 Å². The number of pyridine rings is 1. The summed E-state index contributed by atoms with van der Waals surface area (Å²) in [5.41, 5.74) is 9.70. The molecule has 0 aliphatic rings. The lowest BCUT2D eigenvalue weighted by Gasteiger charge is -2.18. The topological polar surface area (TPSA) is 100 Å². The first-order valence-corrected chi connectivity index (χ1v) is 11.0. The second-order valence-electron chi connectivity index (χ2n) is 8.13. The van der Waals surface area contributed by atoms with Crippen LogP contribution in [0, 0.1) is 0 Å². The van der Waals surface area contributed by atoms with E-state index >= 15 is 0 Å². The molecule has 6 nitrogen and oxygen atoms in total. The summed E-state index contributed by atoms with van der Waals surface area (Å²) in [7, 11) is 0. The number of hydrogen-bond donors (Lipinski definition) is 4. The van der Waals surface area contributed by atoms with Gasteiger partial charge in [0.25, 0.3) is 0 Å². The predicted molar refractivity (Wildman–Crippen MR) is 128 cm³/mol. The van der Waals surface area contributed by atoms with E-state index in [9.17, 15) is 9.90 Å². The van der Waals surface area contributed by atoms with Crippen molar-refractivity contribution in [2.45, 2.75) is 38.3 Å². The van der Waals surface area contributed by atoms with E-state index in [0.29, 0.717) is 25.3 Å². The monoisotopic (exact) mass is 432 g/mol. The van der Waals surface area contributed by atoms with Crippen LogP contribution in [-0.2, 0) is 24.1 Å². The van der Waals surface area contributed by atoms with E-state index in [-0.39, 0.29) is 11.9 Å². The Hall–Kier alpha value is -3.22. The van der Waals surface area contributed by atoms with Gasteiger partial charge in [-0.3, -0.25) is 4.79 Å². The number of aliphatic hydroxyl groups excluding tert-OH is 1. The van der Waals surface area contributed by atoms with E-state index in [2.05, 4.69) is 46.8 Å². The highest BCUT2D eigenvalue weighted by molar-refractivity contribution is 5.78. The molecule has 3 rings (SSSR count). The van der Waals surface area contributed by atoms with Gasteiger partial charge >= 0.3 is 0 Å². The smallest absolute Gasteiger partial charge is 0.224 e. The number of nitrogens with zero attached hydrogens (tertiary/aromatic N) is 1. The third kappa shape index (κ3) is 7.80. The molecule has 1 heterocycles. The van der Waals surface area contributed by atoms with Crippen LogP contribution in [0.4, 0.5) is 5.82 Å². The fraction of sp³-hybridized carbons (Fsp3) is 0.308. The Kier molecular flexibility index (Phi) is 8.78. The van der Waals surface area contributed by atoms with Crippen LogP contribution in [-0.4, -0.2) is 35.1 Å². The third-order valence-electron chi connectivity index (χ3n) is 5.33. The van der Waals surface area contributed by atoms with Crippen molar-refractivity contribution in [3.63, 3.8) is 0 Å². The standard InChI is InChI=1S/C26H32N4O2/c1-19(29-18-24(31)23-10-11-25(27)30-17-23)14-21-8-5-9-22(15-21)16-26(32)28-13-12-20-6-3-2-4-7-20/h2-11,15,17,19,24,29,31H,12-14,16,18H2,1H3,(H2,27,30)(H,28,32). The quantitative estimate of drug-likeness (QED) is 0.373. The fourth-order valence-corrected chi connectivity index (χ4v) is 3.58. The zero-order valence-corrected chi connectivity index (χ0v) is 18.5. The molecular weight excluding hydrogens is 400 g/mol. The molecule has 5 N–H and O–H groups in total. The van der Waals surface area contributed by atoms with Gasteiger partial charge in [0.05, 0.1) is 12.5 Å². The summed E-state index contributed by atoms with van der Waals surface area (Å²) in [6.07, 6.45) is 2.95. The fourth-order valence-electron chi connectivity index (χ4n) is 3.58. The molecule has 0 bridgehead atoms. The lowest BCUT2D eigenvalue weighted by Crippen LogP contribution is -2.32. The molecule has 32 heavy (non-hydrogen) atoms. The van der Waals surface area contributed by atoms with Crippen LogP contribution in [0.3, 0.4) is 0 Å². The molecule has 0 fully saturated rings. The van der Waals surface area contributed by atoms with Crippen LogP contribution in [0.5, 0.6) is 0 Å². The summed E-state index contributed by atoms with van der Waals surface area (Å²) in [5.74, 6) is 0.469. The van der Waals surface area contributed by atoms with E-state index in [1.165, 1.54) is 5.56 Å². The number of amides is 1. The molecule has 0 radical (unpaired) electrons. The van der Waals surface area contributed by atoms with Gasteiger partial charge < -0.3 is 21.5 Å². The van der Waals surface area contributed by atoms with Gasteiger partial charge in [-0.15, -0.1) is 0 Å². The van der Waals surface area contributed by atoms with Crippen LogP contribution in [0.15, 0.2) is 72.9 Å². The summed E-state index contributed by atoms with van der Waals surface area (Å²) < 4.78 is 0. The summed E-state index contributed by atoms with van der Waals surface area (Å²) in [6, 6.07) is 21.9. The highest BCUT2D eigenvalue weighted by Gasteiger charge is 2.11. The first kappa shape index (κ1) is 23.4. The summed E-state index contributed by atoms with van der Waals surface area (Å²) in [4.78, 5) is 16.3. The number of aromatic nitrogens is 1. The Morgan fingerprint density at radius 2 is 1.78 bits per heavy atom. The lowest BCUT2D eigenvalue weighted by atomic mass is 10.0. The number of nitrogen functional groups attached to an aromatic ring is 1. The number of carbonyl (C=O) groups is 1. The second kappa shape index (κ2) is 12.0. The molecular formula is C26H32N4O2. The first-order chi connectivity index (χ1) is 15.5. The predicted octanol–water partition coefficient (Wildman–Crippen LogP) is 2.82. The van der Waals surface area contributed by atoms with Gasteiger partial charge in [-0.25, -0.2) is 4.98 Å². The minimum Gasteiger partial charge on any atom is -0.387 e. The van der Waals surface area contributed by atoms with Crippen molar-refractivity contribution in [2.24, 2.45) is 0 Å². The van der Waals surface area contributed by atoms with Gasteiger partial charge in [-0.05, 0) is 42.5 Å². The number of nitrogens with one attached hydrogen (secondary N) is 2. The van der Waals surface area contributed by atoms with Crippen molar-refractivity contribution in [2.75, 3.05) is 18.8 Å². The maximum Gasteiger partial charge on any atom is 0.224 e. The molecule has 2 atom stereocenters. The van der Waals surface area contributed by atoms with E-state index in [0.717, 1.165) is 29.5 Å². The second-order valence-corrected chi connectivity index (χ2v) is 8.13. The van der Waals surface area contributed by atoms with E-state index in [4.69, 9.17) is 5.73 Å². The number of benzene rings is 2. The molecule has 6 heteroatoms. The Bertz CT molecular complexity index is 977. The number of carbonyl (C=O) groups excluding carboxylic acids is 1. The van der Waals surface area contributed by atoms with Gasteiger partial charge in [0.1, 0.15) is 5.82 Å². The van der Waals surface area contributed by atoms with Gasteiger partial charge in [0.2, 0.25) is 5.91 Å². The van der Waals surface area contributed by atoms with Crippen molar-refractivity contribution in [1.82, 2.24) is 15.6 Å².